The number of hydrogen-bond donors (Lipinski definition) is 1. The van der Waals surface area contributed by atoms with Crippen molar-refractivity contribution in [2.75, 3.05) is 13.7 Å². The molecule has 0 saturated carbocycles. The highest BCUT2D eigenvalue weighted by atomic mass is 127. The lowest BCUT2D eigenvalue weighted by Gasteiger charge is -2.27. The average molecular weight is 419 g/mol. The number of amides is 1. The molecule has 122 valence electrons. The highest BCUT2D eigenvalue weighted by Gasteiger charge is 2.41. The highest BCUT2D eigenvalue weighted by Crippen LogP contribution is 2.38. The Bertz CT molecular complexity index is 565. The Balaban J connectivity index is 2.23. The van der Waals surface area contributed by atoms with Crippen molar-refractivity contribution >= 4 is 28.7 Å². The van der Waals surface area contributed by atoms with Gasteiger partial charge in [-0.15, -0.1) is 0 Å². The number of methoxy groups -OCH3 is 1. The van der Waals surface area contributed by atoms with Gasteiger partial charge in [-0.1, -0.05) is 6.58 Å². The number of imidazole rings is 1. The first-order valence-electron chi connectivity index (χ1n) is 7.14. The van der Waals surface area contributed by atoms with Gasteiger partial charge in [-0.2, -0.15) is 0 Å². The zero-order chi connectivity index (χ0) is 16.5. The van der Waals surface area contributed by atoms with Crippen LogP contribution in [0, 0.1) is 9.62 Å². The van der Waals surface area contributed by atoms with Gasteiger partial charge >= 0.3 is 6.09 Å². The molecule has 1 amide bonds. The van der Waals surface area contributed by atoms with Gasteiger partial charge in [0.15, 0.2) is 0 Å². The number of ether oxygens (including phenoxy) is 2. The van der Waals surface area contributed by atoms with Crippen molar-refractivity contribution in [3.8, 4) is 0 Å². The summed E-state index contributed by atoms with van der Waals surface area (Å²) >= 11 is 2.16. The lowest BCUT2D eigenvalue weighted by atomic mass is 10.0. The number of carbonyl (C=O) groups excluding carboxylic acids is 1. The van der Waals surface area contributed by atoms with Crippen LogP contribution in [0.4, 0.5) is 4.79 Å². The van der Waals surface area contributed by atoms with E-state index in [-0.39, 0.29) is 18.1 Å². The summed E-state index contributed by atoms with van der Waals surface area (Å²) in [5.41, 5.74) is -0.532. The largest absolute Gasteiger partial charge is 0.501 e. The summed E-state index contributed by atoms with van der Waals surface area (Å²) < 4.78 is 11.7. The third kappa shape index (κ3) is 3.93. The molecule has 0 aliphatic carbocycles. The number of H-pyrrole nitrogens is 1. The van der Waals surface area contributed by atoms with Crippen LogP contribution in [0.15, 0.2) is 18.5 Å². The maximum atomic E-state index is 12.5. The molecule has 1 aliphatic heterocycles. The Morgan fingerprint density at radius 2 is 2.23 bits per heavy atom. The summed E-state index contributed by atoms with van der Waals surface area (Å²) in [5.74, 6) is 1.52. The SMILES string of the molecule is C=C(OC)[C@H]1C[C@@H](c2ncc(I)[nH]2)N(C(=O)OC(C)(C)C)C1. The van der Waals surface area contributed by atoms with Crippen LogP contribution in [0.5, 0.6) is 0 Å². The quantitative estimate of drug-likeness (QED) is 0.602. The molecule has 0 aromatic carbocycles. The molecule has 1 N–H and O–H groups in total. The van der Waals surface area contributed by atoms with Crippen molar-refractivity contribution in [2.45, 2.75) is 38.8 Å². The van der Waals surface area contributed by atoms with Crippen molar-refractivity contribution < 1.29 is 14.3 Å². The van der Waals surface area contributed by atoms with E-state index in [1.54, 1.807) is 18.2 Å². The number of rotatable bonds is 3. The van der Waals surface area contributed by atoms with E-state index in [0.29, 0.717) is 12.3 Å². The fourth-order valence-electron chi connectivity index (χ4n) is 2.50. The van der Waals surface area contributed by atoms with Gasteiger partial charge in [-0.25, -0.2) is 9.78 Å². The maximum absolute atomic E-state index is 12.5. The fourth-order valence-corrected chi connectivity index (χ4v) is 2.92. The lowest BCUT2D eigenvalue weighted by molar-refractivity contribution is 0.0213. The molecule has 0 unspecified atom stereocenters. The van der Waals surface area contributed by atoms with E-state index in [4.69, 9.17) is 9.47 Å². The average Bonchev–Trinajstić information content (AvgIpc) is 3.01. The van der Waals surface area contributed by atoms with Gasteiger partial charge in [0.25, 0.3) is 0 Å². The molecule has 1 fully saturated rings. The molecule has 1 aromatic heterocycles. The Morgan fingerprint density at radius 1 is 1.55 bits per heavy atom. The molecule has 1 saturated heterocycles. The predicted molar refractivity (Wildman–Crippen MR) is 91.2 cm³/mol. The number of halogens is 1. The van der Waals surface area contributed by atoms with Crippen molar-refractivity contribution in [2.24, 2.45) is 5.92 Å². The molecule has 2 heterocycles. The third-order valence-corrected chi connectivity index (χ3v) is 4.07. The molecular formula is C15H22IN3O3. The summed E-state index contributed by atoms with van der Waals surface area (Å²) in [5, 5.41) is 0. The Hall–Kier alpha value is -1.25. The van der Waals surface area contributed by atoms with Crippen LogP contribution in [0.1, 0.15) is 39.1 Å². The number of aromatic nitrogens is 2. The fraction of sp³-hybridized carbons (Fsp3) is 0.600. The minimum atomic E-state index is -0.532. The molecule has 7 heteroatoms. The molecule has 0 radical (unpaired) electrons. The maximum Gasteiger partial charge on any atom is 0.410 e. The van der Waals surface area contributed by atoms with Crippen LogP contribution in [-0.4, -0.2) is 40.2 Å². The second-order valence-electron chi connectivity index (χ2n) is 6.37. The first-order valence-corrected chi connectivity index (χ1v) is 8.22. The minimum Gasteiger partial charge on any atom is -0.501 e. The van der Waals surface area contributed by atoms with Gasteiger partial charge < -0.3 is 14.5 Å². The van der Waals surface area contributed by atoms with E-state index >= 15 is 0 Å². The number of hydrogen-bond acceptors (Lipinski definition) is 4. The minimum absolute atomic E-state index is 0.0743. The molecule has 2 rings (SSSR count). The van der Waals surface area contributed by atoms with Gasteiger partial charge in [0.05, 0.1) is 28.8 Å². The Kier molecular flexibility index (Phi) is 5.03. The van der Waals surface area contributed by atoms with E-state index in [1.807, 2.05) is 20.8 Å². The Labute approximate surface area is 144 Å². The third-order valence-electron chi connectivity index (χ3n) is 3.53. The smallest absolute Gasteiger partial charge is 0.410 e. The van der Waals surface area contributed by atoms with E-state index in [2.05, 4.69) is 39.1 Å². The van der Waals surface area contributed by atoms with Gasteiger partial charge in [0.2, 0.25) is 0 Å². The van der Waals surface area contributed by atoms with Crippen molar-refractivity contribution in [1.82, 2.24) is 14.9 Å². The van der Waals surface area contributed by atoms with Crippen LogP contribution < -0.4 is 0 Å². The number of nitrogens with one attached hydrogen (secondary N) is 1. The molecule has 1 aromatic rings. The zero-order valence-electron chi connectivity index (χ0n) is 13.4. The first-order chi connectivity index (χ1) is 10.2. The van der Waals surface area contributed by atoms with Crippen molar-refractivity contribution in [1.29, 1.82) is 0 Å². The van der Waals surface area contributed by atoms with Crippen LogP contribution in [-0.2, 0) is 9.47 Å². The molecule has 2 atom stereocenters. The molecular weight excluding hydrogens is 397 g/mol. The van der Waals surface area contributed by atoms with Crippen LogP contribution in [0.25, 0.3) is 0 Å². The monoisotopic (exact) mass is 419 g/mol. The van der Waals surface area contributed by atoms with Crippen LogP contribution >= 0.6 is 22.6 Å². The van der Waals surface area contributed by atoms with Crippen molar-refractivity contribution in [3.05, 3.63) is 28.1 Å². The van der Waals surface area contributed by atoms with Crippen LogP contribution in [0.3, 0.4) is 0 Å². The van der Waals surface area contributed by atoms with Crippen LogP contribution in [0.2, 0.25) is 0 Å². The van der Waals surface area contributed by atoms with Gasteiger partial charge in [-0.3, -0.25) is 4.90 Å². The summed E-state index contributed by atoms with van der Waals surface area (Å²) in [7, 11) is 1.60. The molecule has 22 heavy (non-hydrogen) atoms. The normalized spacial score (nSPS) is 21.8. The summed E-state index contributed by atoms with van der Waals surface area (Å²) in [6.07, 6.45) is 2.13. The molecule has 0 spiro atoms. The van der Waals surface area contributed by atoms with Gasteiger partial charge in [0, 0.05) is 12.5 Å². The highest BCUT2D eigenvalue weighted by molar-refractivity contribution is 14.1. The standard InChI is InChI=1S/C15H22IN3O3/c1-9(21-5)10-6-11(13-17-7-12(16)18-13)19(8-10)14(20)22-15(2,3)4/h7,10-11H,1,6,8H2,2-5H3,(H,17,18)/t10-,11-/m0/s1. The predicted octanol–water partition coefficient (Wildman–Crippen LogP) is 3.47. The number of nitrogens with zero attached hydrogens (tertiary/aromatic N) is 2. The van der Waals surface area contributed by atoms with Gasteiger partial charge in [0.1, 0.15) is 11.4 Å². The Morgan fingerprint density at radius 3 is 2.73 bits per heavy atom. The van der Waals surface area contributed by atoms with E-state index in [1.165, 1.54) is 0 Å². The van der Waals surface area contributed by atoms with E-state index in [9.17, 15) is 4.79 Å². The lowest BCUT2D eigenvalue weighted by Crippen LogP contribution is -2.37. The summed E-state index contributed by atoms with van der Waals surface area (Å²) in [4.78, 5) is 21.8. The van der Waals surface area contributed by atoms with E-state index < -0.39 is 5.60 Å². The summed E-state index contributed by atoms with van der Waals surface area (Å²) in [6, 6.07) is -0.157. The van der Waals surface area contributed by atoms with E-state index in [0.717, 1.165) is 15.9 Å². The van der Waals surface area contributed by atoms with Gasteiger partial charge in [-0.05, 0) is 49.8 Å². The molecule has 1 aliphatic rings. The number of aromatic amines is 1. The summed E-state index contributed by atoms with van der Waals surface area (Å²) in [6.45, 7) is 10.0. The number of likely N-dealkylation sites (tertiary alicyclic amines) is 1. The number of carbonyl (C=O) groups is 1. The molecule has 0 bridgehead atoms. The van der Waals surface area contributed by atoms with Crippen molar-refractivity contribution in [3.63, 3.8) is 0 Å². The first kappa shape index (κ1) is 17.1. The second-order valence-corrected chi connectivity index (χ2v) is 7.53. The zero-order valence-corrected chi connectivity index (χ0v) is 15.5. The second kappa shape index (κ2) is 6.47. The topological polar surface area (TPSA) is 67.5 Å². The molecule has 6 nitrogen and oxygen atoms in total.